The largest absolute Gasteiger partial charge is 0.508 e. The second kappa shape index (κ2) is 7.40. The summed E-state index contributed by atoms with van der Waals surface area (Å²) in [5, 5.41) is 10.6. The summed E-state index contributed by atoms with van der Waals surface area (Å²) >= 11 is 0. The average Bonchev–Trinajstić information content (AvgIpc) is 3.08. The number of methoxy groups -OCH3 is 1. The fraction of sp³-hybridized carbons (Fsp3) is 0.136. The van der Waals surface area contributed by atoms with E-state index in [4.69, 9.17) is 15.5 Å². The number of aryl methyl sites for hydroxylation is 1. The van der Waals surface area contributed by atoms with Crippen LogP contribution in [-0.2, 0) is 0 Å². The van der Waals surface area contributed by atoms with Crippen molar-refractivity contribution in [3.63, 3.8) is 0 Å². The summed E-state index contributed by atoms with van der Waals surface area (Å²) in [6.45, 7) is 1.91. The second-order valence-corrected chi connectivity index (χ2v) is 6.86. The van der Waals surface area contributed by atoms with E-state index in [1.54, 1.807) is 48.5 Å². The number of phenols is 1. The minimum atomic E-state index is -0.488. The van der Waals surface area contributed by atoms with Gasteiger partial charge in [-0.05, 0) is 37.3 Å². The molecule has 2 aromatic heterocycles. The lowest BCUT2D eigenvalue weighted by Gasteiger charge is -2.21. The number of nitrogens with two attached hydrogens (primary N) is 1. The molecule has 0 unspecified atom stereocenters. The fourth-order valence-corrected chi connectivity index (χ4v) is 3.51. The Morgan fingerprint density at radius 3 is 2.67 bits per heavy atom. The van der Waals surface area contributed by atoms with Crippen LogP contribution in [0.3, 0.4) is 0 Å². The van der Waals surface area contributed by atoms with Crippen molar-refractivity contribution in [3.8, 4) is 17.4 Å². The Balaban J connectivity index is 1.90. The third-order valence-electron chi connectivity index (χ3n) is 4.97. The van der Waals surface area contributed by atoms with E-state index in [9.17, 15) is 9.90 Å². The van der Waals surface area contributed by atoms with Crippen LogP contribution in [0.2, 0.25) is 0 Å². The third kappa shape index (κ3) is 3.18. The van der Waals surface area contributed by atoms with E-state index in [0.717, 1.165) is 22.3 Å². The van der Waals surface area contributed by atoms with Crippen LogP contribution in [-0.4, -0.2) is 39.7 Å². The van der Waals surface area contributed by atoms with Crippen molar-refractivity contribution < 1.29 is 14.6 Å². The van der Waals surface area contributed by atoms with Crippen LogP contribution in [0.5, 0.6) is 11.5 Å². The van der Waals surface area contributed by atoms with Crippen molar-refractivity contribution in [2.75, 3.05) is 19.1 Å². The quantitative estimate of drug-likeness (QED) is 0.529. The zero-order valence-corrected chi connectivity index (χ0v) is 16.8. The van der Waals surface area contributed by atoms with Gasteiger partial charge in [0.2, 0.25) is 11.9 Å². The highest BCUT2D eigenvalue weighted by Crippen LogP contribution is 2.33. The van der Waals surface area contributed by atoms with E-state index < -0.39 is 5.91 Å². The van der Waals surface area contributed by atoms with Crippen molar-refractivity contribution in [3.05, 3.63) is 66.0 Å². The summed E-state index contributed by atoms with van der Waals surface area (Å²) in [6, 6.07) is 14.1. The maximum Gasteiger partial charge on any atom is 0.249 e. The molecular formula is C22H21N5O3. The number of carbonyl (C=O) groups is 1. The number of amides is 1. The summed E-state index contributed by atoms with van der Waals surface area (Å²) in [5.74, 6) is 1.10. The topological polar surface area (TPSA) is 106 Å². The van der Waals surface area contributed by atoms with E-state index in [-0.39, 0.29) is 5.75 Å². The third-order valence-corrected chi connectivity index (χ3v) is 4.97. The molecule has 0 atom stereocenters. The minimum Gasteiger partial charge on any atom is -0.508 e. The lowest BCUT2D eigenvalue weighted by Crippen LogP contribution is -2.15. The summed E-state index contributed by atoms with van der Waals surface area (Å²) < 4.78 is 7.32. The Hall–Kier alpha value is -4.07. The van der Waals surface area contributed by atoms with Crippen LogP contribution in [0.15, 0.2) is 54.7 Å². The van der Waals surface area contributed by atoms with Gasteiger partial charge in [-0.25, -0.2) is 4.98 Å². The first kappa shape index (κ1) is 19.3. The molecule has 4 aromatic rings. The van der Waals surface area contributed by atoms with Crippen molar-refractivity contribution in [2.24, 2.45) is 5.73 Å². The van der Waals surface area contributed by atoms with Gasteiger partial charge in [-0.2, -0.15) is 4.98 Å². The normalized spacial score (nSPS) is 10.9. The van der Waals surface area contributed by atoms with E-state index in [1.807, 2.05) is 36.7 Å². The first-order chi connectivity index (χ1) is 14.4. The van der Waals surface area contributed by atoms with Crippen LogP contribution in [0.25, 0.3) is 16.9 Å². The molecule has 0 aliphatic heterocycles. The number of aromatic hydroxyl groups is 1. The van der Waals surface area contributed by atoms with Gasteiger partial charge in [-0.15, -0.1) is 0 Å². The SMILES string of the molecule is COc1cnc(-n2c(C)cc3c(C(N)=O)cccc32)nc1N(C)c1cccc(O)c1. The fourth-order valence-electron chi connectivity index (χ4n) is 3.51. The highest BCUT2D eigenvalue weighted by molar-refractivity contribution is 6.06. The molecule has 4 rings (SSSR count). The number of nitrogens with zero attached hydrogens (tertiary/aromatic N) is 4. The number of fused-ring (bicyclic) bond motifs is 1. The van der Waals surface area contributed by atoms with Gasteiger partial charge in [0, 0.05) is 35.4 Å². The van der Waals surface area contributed by atoms with E-state index in [2.05, 4.69) is 4.98 Å². The van der Waals surface area contributed by atoms with Crippen LogP contribution in [0, 0.1) is 6.92 Å². The van der Waals surface area contributed by atoms with Gasteiger partial charge in [0.05, 0.1) is 18.8 Å². The Morgan fingerprint density at radius 2 is 1.97 bits per heavy atom. The van der Waals surface area contributed by atoms with Gasteiger partial charge in [0.25, 0.3) is 0 Å². The standard InChI is InChI=1S/C22H21N5O3/c1-13-10-17-16(20(23)29)8-5-9-18(17)27(13)22-24-12-19(30-3)21(25-22)26(2)14-6-4-7-15(28)11-14/h4-12,28H,1-3H3,(H2,23,29). The van der Waals surface area contributed by atoms with Crippen molar-refractivity contribution in [1.82, 2.24) is 14.5 Å². The number of rotatable bonds is 5. The highest BCUT2D eigenvalue weighted by Gasteiger charge is 2.19. The molecule has 0 saturated carbocycles. The van der Waals surface area contributed by atoms with Crippen LogP contribution in [0.4, 0.5) is 11.5 Å². The molecule has 3 N–H and O–H groups in total. The molecule has 0 bridgehead atoms. The molecule has 8 nitrogen and oxygen atoms in total. The first-order valence-electron chi connectivity index (χ1n) is 9.25. The number of anilines is 2. The molecule has 0 radical (unpaired) electrons. The van der Waals surface area contributed by atoms with E-state index in [1.165, 1.54) is 0 Å². The average molecular weight is 403 g/mol. The van der Waals surface area contributed by atoms with Crippen LogP contribution < -0.4 is 15.4 Å². The molecule has 2 heterocycles. The molecule has 30 heavy (non-hydrogen) atoms. The molecule has 8 heteroatoms. The van der Waals surface area contributed by atoms with Crippen molar-refractivity contribution in [1.29, 1.82) is 0 Å². The zero-order chi connectivity index (χ0) is 21.4. The summed E-state index contributed by atoms with van der Waals surface area (Å²) in [4.78, 5) is 22.8. The summed E-state index contributed by atoms with van der Waals surface area (Å²) in [7, 11) is 3.38. The van der Waals surface area contributed by atoms with Gasteiger partial charge >= 0.3 is 0 Å². The highest BCUT2D eigenvalue weighted by atomic mass is 16.5. The van der Waals surface area contributed by atoms with Gasteiger partial charge < -0.3 is 20.5 Å². The number of ether oxygens (including phenoxy) is 1. The second-order valence-electron chi connectivity index (χ2n) is 6.86. The van der Waals surface area contributed by atoms with Crippen LogP contribution >= 0.6 is 0 Å². The Morgan fingerprint density at radius 1 is 1.20 bits per heavy atom. The van der Waals surface area contributed by atoms with Crippen molar-refractivity contribution >= 4 is 28.3 Å². The molecule has 0 saturated heterocycles. The minimum absolute atomic E-state index is 0.152. The van der Waals surface area contributed by atoms with Gasteiger partial charge in [0.1, 0.15) is 5.75 Å². The summed E-state index contributed by atoms with van der Waals surface area (Å²) in [6.07, 6.45) is 1.60. The smallest absolute Gasteiger partial charge is 0.249 e. The molecule has 152 valence electrons. The van der Waals surface area contributed by atoms with Crippen LogP contribution in [0.1, 0.15) is 16.1 Å². The van der Waals surface area contributed by atoms with Gasteiger partial charge in [0.15, 0.2) is 11.6 Å². The lowest BCUT2D eigenvalue weighted by molar-refractivity contribution is 0.100. The molecule has 0 fully saturated rings. The number of aromatic nitrogens is 3. The molecule has 2 aromatic carbocycles. The predicted octanol–water partition coefficient (Wildman–Crippen LogP) is 3.31. The number of benzene rings is 2. The van der Waals surface area contributed by atoms with Gasteiger partial charge in [-0.3, -0.25) is 9.36 Å². The monoisotopic (exact) mass is 403 g/mol. The molecule has 0 aliphatic rings. The van der Waals surface area contributed by atoms with Crippen molar-refractivity contribution in [2.45, 2.75) is 6.92 Å². The maximum atomic E-state index is 11.8. The Kier molecular flexibility index (Phi) is 4.75. The number of phenolic OH excluding ortho intramolecular Hbond substituents is 1. The molecular weight excluding hydrogens is 382 g/mol. The lowest BCUT2D eigenvalue weighted by atomic mass is 10.1. The first-order valence-corrected chi connectivity index (χ1v) is 9.25. The number of primary amides is 1. The molecule has 0 aliphatic carbocycles. The Bertz CT molecular complexity index is 1270. The molecule has 1 amide bonds. The van der Waals surface area contributed by atoms with E-state index >= 15 is 0 Å². The number of carbonyl (C=O) groups excluding carboxylic acids is 1. The molecule has 0 spiro atoms. The van der Waals surface area contributed by atoms with E-state index in [0.29, 0.717) is 23.1 Å². The number of hydrogen-bond donors (Lipinski definition) is 2. The maximum absolute atomic E-state index is 11.8. The zero-order valence-electron chi connectivity index (χ0n) is 16.8. The number of hydrogen-bond acceptors (Lipinski definition) is 6. The predicted molar refractivity (Wildman–Crippen MR) is 115 cm³/mol. The van der Waals surface area contributed by atoms with Gasteiger partial charge in [-0.1, -0.05) is 12.1 Å². The summed E-state index contributed by atoms with van der Waals surface area (Å²) in [5.41, 5.74) is 8.35. The Labute approximate surface area is 173 Å².